The van der Waals surface area contributed by atoms with Gasteiger partial charge >= 0.3 is 18.8 Å². The van der Waals surface area contributed by atoms with Gasteiger partial charge in [0.1, 0.15) is 0 Å². The zero-order chi connectivity index (χ0) is 68.8. The SMILES string of the molecule is C1CCCC1.Cc1cc(C)cc(P(c2cc(C)cc(C(F)(F)F)c2)[C@H](C)C2CCCC2c2ccccc2P(C2CCCCC2)C2CCCCC2)c1.FC1(F)Oc2ccc(P(c3ccccc3)c3ccccc3)c(-c3c(P(c4ccccc4)c4ccccc4)ccc4c3OC(F)(F)O4)c2O1.[Fe]. The average molecular weight is 1470 g/mol. The number of rotatable bonds is 15. The summed E-state index contributed by atoms with van der Waals surface area (Å²) in [5.74, 6) is -0.0212. The number of aryl methyl sites for hydroxylation is 3. The number of benzene rings is 9. The predicted octanol–water partition coefficient (Wildman–Crippen LogP) is 21.3. The van der Waals surface area contributed by atoms with Gasteiger partial charge in [0.2, 0.25) is 0 Å². The van der Waals surface area contributed by atoms with E-state index in [2.05, 4.69) is 69.3 Å². The maximum absolute atomic E-state index is 15.0. The summed E-state index contributed by atoms with van der Waals surface area (Å²) in [4.78, 5) is 0. The minimum Gasteiger partial charge on any atom is -0.395 e. The molecule has 6 aliphatic rings. The van der Waals surface area contributed by atoms with Crippen molar-refractivity contribution >= 4 is 79.4 Å². The third-order valence-corrected chi connectivity index (χ3v) is 31.8. The molecule has 0 bridgehead atoms. The molecular formula is C84H87F7FeO4P4. The summed E-state index contributed by atoms with van der Waals surface area (Å²) in [7, 11) is -4.13. The van der Waals surface area contributed by atoms with Crippen LogP contribution in [-0.4, -0.2) is 29.6 Å². The van der Waals surface area contributed by atoms with E-state index in [4.69, 9.17) is 18.9 Å². The van der Waals surface area contributed by atoms with Gasteiger partial charge in [0.25, 0.3) is 0 Å². The topological polar surface area (TPSA) is 36.9 Å². The molecule has 9 aromatic rings. The molecule has 4 nitrogen and oxygen atoms in total. The van der Waals surface area contributed by atoms with Crippen molar-refractivity contribution in [1.29, 1.82) is 0 Å². The van der Waals surface area contributed by atoms with Crippen LogP contribution >= 0.6 is 31.7 Å². The average Bonchev–Trinajstić information content (AvgIpc) is 1.49. The molecule has 3 unspecified atom stereocenters. The summed E-state index contributed by atoms with van der Waals surface area (Å²) < 4.78 is 123. The van der Waals surface area contributed by atoms with Gasteiger partial charge in [-0.05, 0) is 207 Å². The standard InChI is InChI=1S/C41H53F3P2.C38H24F4O4P2.C5H10.Fe/c1-28-22-29(2)25-35(24-28)45(36-26-30(3)23-32(27-36)41(42,43)44)31(4)37-19-13-20-38(37)39-18-11-12-21-40(39)46(33-14-7-5-8-15-33)34-16-9-6-10-17-34;39-37(40)43-29-21-23-31(47(25-13-5-1-6-14-25)26-15-7-2-8-16-26)33(35(29)45-37)34-32(24-22-30-36(34)46-38(41,42)44-30)48(27-17-9-3-10-18-27)28-19-11-4-12-20-28;1-2-4-5-3-1;/h11-12,18,21-27,31,33-34,37-38H,5-10,13-17,19-20H2,1-4H3;1-24H;1-5H2;/t31-,37?,38?,45?;;;/m1.../s1. The Bertz CT molecular complexity index is 3910. The van der Waals surface area contributed by atoms with Gasteiger partial charge < -0.3 is 18.9 Å². The molecule has 4 fully saturated rings. The number of fused-ring (bicyclic) bond motifs is 2. The van der Waals surface area contributed by atoms with Gasteiger partial charge in [0.15, 0.2) is 23.0 Å². The van der Waals surface area contributed by atoms with Crippen LogP contribution < -0.4 is 66.7 Å². The van der Waals surface area contributed by atoms with Crippen LogP contribution in [0.1, 0.15) is 156 Å². The van der Waals surface area contributed by atoms with Crippen molar-refractivity contribution < 1.29 is 66.7 Å². The Balaban J connectivity index is 0.000000175. The fourth-order valence-electron chi connectivity index (χ4n) is 16.3. The van der Waals surface area contributed by atoms with Gasteiger partial charge in [0.05, 0.1) is 5.56 Å². The summed E-state index contributed by atoms with van der Waals surface area (Å²) in [6.45, 7) is 8.46. The van der Waals surface area contributed by atoms with E-state index < -0.39 is 48.1 Å². The van der Waals surface area contributed by atoms with E-state index in [9.17, 15) is 30.7 Å². The number of alkyl halides is 7. The van der Waals surface area contributed by atoms with Crippen LogP contribution in [0.2, 0.25) is 0 Å². The molecule has 0 amide bonds. The van der Waals surface area contributed by atoms with Crippen LogP contribution in [0.25, 0.3) is 11.1 Å². The van der Waals surface area contributed by atoms with E-state index in [0.29, 0.717) is 28.0 Å². The van der Waals surface area contributed by atoms with Crippen LogP contribution in [0.15, 0.2) is 206 Å². The second-order valence-electron chi connectivity index (χ2n) is 27.5. The van der Waals surface area contributed by atoms with E-state index in [-0.39, 0.29) is 64.8 Å². The minimum absolute atomic E-state index is 0. The van der Waals surface area contributed by atoms with Gasteiger partial charge in [-0.3, -0.25) is 0 Å². The Labute approximate surface area is 601 Å². The largest absolute Gasteiger partial charge is 0.586 e. The zero-order valence-corrected chi connectivity index (χ0v) is 61.8. The molecule has 4 saturated carbocycles. The van der Waals surface area contributed by atoms with E-state index in [1.807, 2.05) is 128 Å². The minimum atomic E-state index is -4.35. The monoisotopic (exact) mass is 1470 g/mol. The van der Waals surface area contributed by atoms with E-state index in [1.54, 1.807) is 23.0 Å². The Morgan fingerprint density at radius 3 is 1.19 bits per heavy atom. The van der Waals surface area contributed by atoms with E-state index >= 15 is 0 Å². The molecule has 16 heteroatoms. The fourth-order valence-corrected chi connectivity index (χ4v) is 28.5. The van der Waals surface area contributed by atoms with Crippen molar-refractivity contribution in [2.45, 2.75) is 185 Å². The first-order valence-electron chi connectivity index (χ1n) is 35.5. The second-order valence-corrected chi connectivity index (χ2v) is 37.2. The number of ether oxygens (including phenoxy) is 4. The molecular weight excluding hydrogens is 1390 g/mol. The Morgan fingerprint density at radius 1 is 0.390 bits per heavy atom. The van der Waals surface area contributed by atoms with Crippen LogP contribution in [0.4, 0.5) is 30.7 Å². The molecule has 0 radical (unpaired) electrons. The zero-order valence-electron chi connectivity index (χ0n) is 57.2. The third-order valence-electron chi connectivity index (χ3n) is 20.4. The third kappa shape index (κ3) is 16.9. The smallest absolute Gasteiger partial charge is 0.395 e. The van der Waals surface area contributed by atoms with Crippen LogP contribution in [-0.2, 0) is 23.2 Å². The van der Waals surface area contributed by atoms with Crippen LogP contribution in [0.5, 0.6) is 23.0 Å². The quantitative estimate of drug-likeness (QED) is 0.0582. The molecule has 0 aromatic heterocycles. The fraction of sp³-hybridized carbons (Fsp3) is 0.357. The second kappa shape index (κ2) is 32.7. The predicted molar refractivity (Wildman–Crippen MR) is 399 cm³/mol. The van der Waals surface area contributed by atoms with Gasteiger partial charge in [-0.1, -0.05) is 273 Å². The molecule has 100 heavy (non-hydrogen) atoms. The Hall–Kier alpha value is -6.07. The van der Waals surface area contributed by atoms with Crippen molar-refractivity contribution in [2.75, 3.05) is 0 Å². The van der Waals surface area contributed by atoms with E-state index in [0.717, 1.165) is 44.3 Å². The summed E-state index contributed by atoms with van der Waals surface area (Å²) in [5, 5.41) is 8.64. The van der Waals surface area contributed by atoms with Gasteiger partial charge in [-0.25, -0.2) is 0 Å². The van der Waals surface area contributed by atoms with Gasteiger partial charge in [0, 0.05) is 28.2 Å². The number of halogens is 7. The molecule has 15 rings (SSSR count). The summed E-state index contributed by atoms with van der Waals surface area (Å²) in [6.07, 6.45) is 12.7. The van der Waals surface area contributed by atoms with Crippen LogP contribution in [0, 0.1) is 26.7 Å². The molecule has 2 heterocycles. The summed E-state index contributed by atoms with van der Waals surface area (Å²) in [5.41, 5.74) is 6.52. The molecule has 9 aromatic carbocycles. The molecule has 2 aliphatic heterocycles. The van der Waals surface area contributed by atoms with Crippen molar-refractivity contribution in [1.82, 2.24) is 0 Å². The molecule has 4 aliphatic carbocycles. The van der Waals surface area contributed by atoms with Gasteiger partial charge in [-0.15, -0.1) is 17.6 Å². The van der Waals surface area contributed by atoms with Crippen molar-refractivity contribution in [2.24, 2.45) is 5.92 Å². The molecule has 0 saturated heterocycles. The first-order chi connectivity index (χ1) is 47.9. The first-order valence-corrected chi connectivity index (χ1v) is 41.1. The first kappa shape index (κ1) is 73.7. The normalized spacial score (nSPS) is 19.1. The van der Waals surface area contributed by atoms with Crippen molar-refractivity contribution in [3.63, 3.8) is 0 Å². The van der Waals surface area contributed by atoms with Crippen LogP contribution in [0.3, 0.4) is 0 Å². The number of hydrogen-bond donors (Lipinski definition) is 0. The summed E-state index contributed by atoms with van der Waals surface area (Å²) in [6, 6.07) is 66.0. The summed E-state index contributed by atoms with van der Waals surface area (Å²) >= 11 is 0. The number of hydrogen-bond acceptors (Lipinski definition) is 4. The van der Waals surface area contributed by atoms with Crippen molar-refractivity contribution in [3.8, 4) is 34.1 Å². The van der Waals surface area contributed by atoms with Gasteiger partial charge in [-0.2, -0.15) is 13.2 Å². The molecule has 0 N–H and O–H groups in total. The van der Waals surface area contributed by atoms with E-state index in [1.165, 1.54) is 150 Å². The maximum atomic E-state index is 15.0. The Kier molecular flexibility index (Phi) is 24.1. The Morgan fingerprint density at radius 2 is 0.770 bits per heavy atom. The molecule has 4 atom stereocenters. The maximum Gasteiger partial charge on any atom is 0.586 e. The molecule has 0 spiro atoms. The van der Waals surface area contributed by atoms with Crippen molar-refractivity contribution in [3.05, 3.63) is 234 Å². The molecule has 524 valence electrons.